The van der Waals surface area contributed by atoms with Gasteiger partial charge in [-0.05, 0) is 41.9 Å². The molecule has 2 fully saturated rings. The van der Waals surface area contributed by atoms with Crippen LogP contribution in [0.1, 0.15) is 94.9 Å². The Morgan fingerprint density at radius 2 is 1.02 bits per heavy atom. The Bertz CT molecular complexity index is 661. The SMILES string of the molecule is C.C.CC(C)(C)C1CCC(N)C(N)C1.CC(C)(C)C1CCC([NH-])C([NH-])C1.O=S(=O)(O)O.[Cl][Pt+2][Cl].[Cl][Pt]([Cl])([Cl])[Cl].[K][K]. The second-order valence-corrected chi connectivity index (χ2v) is 34.9. The van der Waals surface area contributed by atoms with Gasteiger partial charge < -0.3 is 22.9 Å². The number of rotatable bonds is 0. The van der Waals surface area contributed by atoms with Crippen molar-refractivity contribution in [2.45, 2.75) is 119 Å². The van der Waals surface area contributed by atoms with Crippen LogP contribution in [0.5, 0.6) is 0 Å². The van der Waals surface area contributed by atoms with Crippen molar-refractivity contribution in [2.75, 3.05) is 0 Å². The molecule has 0 heterocycles. The summed E-state index contributed by atoms with van der Waals surface area (Å²) in [4.78, 5) is 0. The zero-order chi connectivity index (χ0) is 32.4. The molecule has 0 aromatic rings. The van der Waals surface area contributed by atoms with Crippen molar-refractivity contribution < 1.29 is 45.9 Å². The average Bonchev–Trinajstić information content (AvgIpc) is 2.71. The van der Waals surface area contributed by atoms with Crippen LogP contribution in [-0.2, 0) is 38.8 Å². The zero-order valence-corrected chi connectivity index (χ0v) is 40.0. The molecule has 41 heavy (non-hydrogen) atoms. The summed E-state index contributed by atoms with van der Waals surface area (Å²) in [6.07, 6.45) is 6.45. The Hall–Kier alpha value is 6.10. The predicted molar refractivity (Wildman–Crippen MR) is 180 cm³/mol. The molecule has 0 spiro atoms. The molecule has 0 aromatic carbocycles. The number of halogens is 6. The number of hydrogen-bond donors (Lipinski definition) is 4. The van der Waals surface area contributed by atoms with Crippen LogP contribution >= 0.6 is 56.5 Å². The van der Waals surface area contributed by atoms with E-state index >= 15 is 0 Å². The monoisotopic (exact) mass is 1150 g/mol. The minimum atomic E-state index is -4.67. The molecule has 2 aliphatic carbocycles. The van der Waals surface area contributed by atoms with Gasteiger partial charge in [0, 0.05) is 12.1 Å². The summed E-state index contributed by atoms with van der Waals surface area (Å²) in [5.74, 6) is 1.41. The van der Waals surface area contributed by atoms with Gasteiger partial charge in [0.15, 0.2) is 0 Å². The molecule has 8 nitrogen and oxygen atoms in total. The summed E-state index contributed by atoms with van der Waals surface area (Å²) in [7, 11) is 25.1. The normalized spacial score (nSPS) is 26.4. The van der Waals surface area contributed by atoms with Crippen molar-refractivity contribution in [3.63, 3.8) is 0 Å². The fourth-order valence-electron chi connectivity index (χ4n) is 3.97. The van der Waals surface area contributed by atoms with Crippen LogP contribution in [0.15, 0.2) is 0 Å². The Morgan fingerprint density at radius 3 is 1.27 bits per heavy atom. The maximum absolute atomic E-state index is 8.74. The summed E-state index contributed by atoms with van der Waals surface area (Å²) in [5.41, 5.74) is 27.8. The van der Waals surface area contributed by atoms with Gasteiger partial charge in [-0.25, -0.2) is 0 Å². The fourth-order valence-corrected chi connectivity index (χ4v) is 3.97. The zero-order valence-electron chi connectivity index (χ0n) is 23.9. The van der Waals surface area contributed by atoms with Gasteiger partial charge >= 0.3 is 158 Å². The van der Waals surface area contributed by atoms with E-state index < -0.39 is 38.8 Å². The van der Waals surface area contributed by atoms with Gasteiger partial charge in [0.25, 0.3) is 0 Å². The molecular weight excluding hydrogens is 1100 g/mol. The van der Waals surface area contributed by atoms with Crippen molar-refractivity contribution in [1.82, 2.24) is 0 Å². The molecule has 2 saturated carbocycles. The molecule has 6 atom stereocenters. The van der Waals surface area contributed by atoms with Crippen LogP contribution in [0.4, 0.5) is 0 Å². The summed E-state index contributed by atoms with van der Waals surface area (Å²) < 4.78 is 31.6. The molecule has 2 rings (SSSR count). The van der Waals surface area contributed by atoms with E-state index in [-0.39, 0.29) is 39.0 Å². The molecule has 19 heteroatoms. The second-order valence-electron chi connectivity index (χ2n) is 11.1. The Balaban J connectivity index is -0.0000000987. The van der Waals surface area contributed by atoms with E-state index in [0.717, 1.165) is 38.0 Å². The number of nitrogens with two attached hydrogens (primary N) is 2. The number of hydrogen-bond acceptors (Lipinski definition) is 4. The van der Waals surface area contributed by atoms with Gasteiger partial charge in [-0.15, -0.1) is 0 Å². The first-order valence-electron chi connectivity index (χ1n) is 12.2. The quantitative estimate of drug-likeness (QED) is 0.139. The molecule has 8 N–H and O–H groups in total. The van der Waals surface area contributed by atoms with Gasteiger partial charge in [0.2, 0.25) is 0 Å². The van der Waals surface area contributed by atoms with Crippen LogP contribution in [0, 0.1) is 22.7 Å². The van der Waals surface area contributed by atoms with E-state index in [1.807, 2.05) is 0 Å². The van der Waals surface area contributed by atoms with E-state index in [1.54, 1.807) is 0 Å². The van der Waals surface area contributed by atoms with Crippen LogP contribution < -0.4 is 11.5 Å². The van der Waals surface area contributed by atoms with Crippen molar-refractivity contribution in [1.29, 1.82) is 0 Å². The average molecular weight is 1150 g/mol. The van der Waals surface area contributed by atoms with Crippen LogP contribution in [0.25, 0.3) is 11.5 Å². The fraction of sp³-hybridized carbons (Fsp3) is 1.00. The summed E-state index contributed by atoms with van der Waals surface area (Å²) in [5, 5.41) is 0. The molecule has 254 valence electrons. The molecule has 0 saturated heterocycles. The van der Waals surface area contributed by atoms with Crippen molar-refractivity contribution in [2.24, 2.45) is 34.1 Å². The summed E-state index contributed by atoms with van der Waals surface area (Å²) in [6.45, 7) is 13.6. The van der Waals surface area contributed by atoms with Crippen molar-refractivity contribution in [3.05, 3.63) is 11.5 Å². The van der Waals surface area contributed by atoms with E-state index in [4.69, 9.17) is 97.0 Å². The molecule has 2 aliphatic rings. The standard InChI is InChI=1S/C10H22N2.C10H20N2.2CH4.6ClH.2K.H2O4S.2Pt/c2*1-10(2,3)7-4-5-8(11)9(12)6-7;;;;;;;;;;;1-5(2,3)4;;/h7-9H,4-6,11-12H2,1-3H3;7-9,11-12H,4-6H2,1-3H3;2*1H4;6*1H;;;(H2,1,2,3,4);;/q;-2;;;;;;;;;;;;2*+4/p-6. The third-order valence-corrected chi connectivity index (χ3v) is 6.25. The van der Waals surface area contributed by atoms with Gasteiger partial charge in [0.05, 0.1) is 0 Å². The van der Waals surface area contributed by atoms with E-state index in [0.29, 0.717) is 16.7 Å². The van der Waals surface area contributed by atoms with E-state index in [9.17, 15) is 0 Å². The first-order chi connectivity index (χ1) is 17.2. The number of nitrogens with one attached hydrogen (secondary N) is 2. The van der Waals surface area contributed by atoms with Gasteiger partial charge in [-0.2, -0.15) is 20.5 Å². The second kappa shape index (κ2) is 30.9. The first kappa shape index (κ1) is 59.3. The Kier molecular flexibility index (Phi) is 44.6. The molecule has 0 radical (unpaired) electrons. The van der Waals surface area contributed by atoms with E-state index in [1.165, 1.54) is 69.6 Å². The Labute approximate surface area is 333 Å². The third-order valence-electron chi connectivity index (χ3n) is 6.25. The maximum atomic E-state index is 8.74. The third kappa shape index (κ3) is 46.1. The van der Waals surface area contributed by atoms with E-state index in [2.05, 4.69) is 41.5 Å². The molecule has 0 aliphatic heterocycles. The summed E-state index contributed by atoms with van der Waals surface area (Å²) in [6, 6.07) is 0.207. The predicted octanol–water partition coefficient (Wildman–Crippen LogP) is 9.15. The topological polar surface area (TPSA) is 174 Å². The van der Waals surface area contributed by atoms with Crippen LogP contribution in [-0.4, -0.2) is 105 Å². The summed E-state index contributed by atoms with van der Waals surface area (Å²) >= 11 is -1.03. The van der Waals surface area contributed by atoms with Crippen LogP contribution in [0.3, 0.4) is 0 Å². The van der Waals surface area contributed by atoms with Gasteiger partial charge in [0.1, 0.15) is 0 Å². The van der Waals surface area contributed by atoms with Gasteiger partial charge in [-0.1, -0.05) is 75.7 Å². The Morgan fingerprint density at radius 1 is 0.756 bits per heavy atom. The first-order valence-corrected chi connectivity index (χ1v) is 46.5. The molecule has 0 amide bonds. The molecule has 0 bridgehead atoms. The minimum absolute atomic E-state index is 0. The molecular formula is C22H52Cl6K2N4O4Pt2S. The molecule has 0 aromatic heterocycles. The van der Waals surface area contributed by atoms with Gasteiger partial charge in [-0.3, -0.25) is 9.11 Å². The molecule has 6 unspecified atom stereocenters. The van der Waals surface area contributed by atoms with Crippen molar-refractivity contribution in [3.8, 4) is 0 Å². The van der Waals surface area contributed by atoms with Crippen LogP contribution in [0.2, 0.25) is 0 Å². The van der Waals surface area contributed by atoms with Crippen molar-refractivity contribution >= 4 is 130 Å².